The Hall–Kier alpha value is -2.82. The van der Waals surface area contributed by atoms with Crippen LogP contribution in [0.5, 0.6) is 0 Å². The maximum Gasteiger partial charge on any atom is 0.409 e. The maximum atomic E-state index is 13.0. The maximum absolute atomic E-state index is 13.0. The fraction of sp³-hybridized carbons (Fsp3) is 0.391. The number of ether oxygens (including phenoxy) is 1. The molecule has 3 rings (SSSR count). The van der Waals surface area contributed by atoms with E-state index in [4.69, 9.17) is 4.74 Å². The van der Waals surface area contributed by atoms with E-state index < -0.39 is 0 Å². The van der Waals surface area contributed by atoms with Crippen molar-refractivity contribution < 1.29 is 14.3 Å². The highest BCUT2D eigenvalue weighted by atomic mass is 16.6. The second-order valence-corrected chi connectivity index (χ2v) is 7.22. The standard InChI is InChI=1S/C23H28N2O3/c1-3-28-23(27)25-15-13-20(14-16-25)22(26)24-21(18-7-5-4-6-8-18)19-11-9-17(2)10-12-19/h4-12,20-21H,3,13-16H2,1-2H3,(H,24,26). The molecule has 1 fully saturated rings. The van der Waals surface area contributed by atoms with Gasteiger partial charge in [0.05, 0.1) is 12.6 Å². The molecule has 1 aliphatic heterocycles. The zero-order valence-corrected chi connectivity index (χ0v) is 16.6. The molecule has 5 nitrogen and oxygen atoms in total. The first-order valence-electron chi connectivity index (χ1n) is 9.92. The van der Waals surface area contributed by atoms with Crippen molar-refractivity contribution in [3.05, 3.63) is 71.3 Å². The van der Waals surface area contributed by atoms with Gasteiger partial charge in [-0.05, 0) is 37.8 Å². The summed E-state index contributed by atoms with van der Waals surface area (Å²) in [5, 5.41) is 3.23. The van der Waals surface area contributed by atoms with Crippen LogP contribution in [0.25, 0.3) is 0 Å². The van der Waals surface area contributed by atoms with Gasteiger partial charge in [-0.2, -0.15) is 0 Å². The van der Waals surface area contributed by atoms with Crippen molar-refractivity contribution in [3.8, 4) is 0 Å². The number of carbonyl (C=O) groups is 2. The molecule has 0 aliphatic carbocycles. The lowest BCUT2D eigenvalue weighted by Gasteiger charge is -2.31. The first kappa shape index (κ1) is 19.9. The SMILES string of the molecule is CCOC(=O)N1CCC(C(=O)NC(c2ccccc2)c2ccc(C)cc2)CC1. The minimum atomic E-state index is -0.289. The topological polar surface area (TPSA) is 58.6 Å². The monoisotopic (exact) mass is 380 g/mol. The molecule has 0 bridgehead atoms. The van der Waals surface area contributed by atoms with Crippen LogP contribution in [-0.4, -0.2) is 36.6 Å². The highest BCUT2D eigenvalue weighted by Gasteiger charge is 2.29. The van der Waals surface area contributed by atoms with E-state index in [0.29, 0.717) is 32.5 Å². The van der Waals surface area contributed by atoms with Crippen LogP contribution in [0.3, 0.4) is 0 Å². The van der Waals surface area contributed by atoms with E-state index >= 15 is 0 Å². The summed E-state index contributed by atoms with van der Waals surface area (Å²) in [5.41, 5.74) is 3.31. The summed E-state index contributed by atoms with van der Waals surface area (Å²) in [4.78, 5) is 26.5. The second kappa shape index (κ2) is 9.40. The van der Waals surface area contributed by atoms with E-state index in [1.807, 2.05) is 30.3 Å². The zero-order valence-electron chi connectivity index (χ0n) is 16.6. The molecule has 1 unspecified atom stereocenters. The Kier molecular flexibility index (Phi) is 6.69. The number of benzene rings is 2. The fourth-order valence-corrected chi connectivity index (χ4v) is 3.56. The van der Waals surface area contributed by atoms with Crippen LogP contribution in [0.15, 0.2) is 54.6 Å². The minimum absolute atomic E-state index is 0.0398. The van der Waals surface area contributed by atoms with Crippen molar-refractivity contribution in [2.45, 2.75) is 32.7 Å². The molecule has 28 heavy (non-hydrogen) atoms. The molecule has 2 aromatic carbocycles. The molecule has 2 amide bonds. The lowest BCUT2D eigenvalue weighted by atomic mass is 9.93. The van der Waals surface area contributed by atoms with Crippen molar-refractivity contribution >= 4 is 12.0 Å². The summed E-state index contributed by atoms with van der Waals surface area (Å²) in [7, 11) is 0. The molecule has 1 saturated heterocycles. The van der Waals surface area contributed by atoms with Gasteiger partial charge in [0.1, 0.15) is 0 Å². The molecule has 0 radical (unpaired) electrons. The Labute approximate surface area is 166 Å². The molecule has 1 aliphatic rings. The van der Waals surface area contributed by atoms with Crippen LogP contribution < -0.4 is 5.32 Å². The van der Waals surface area contributed by atoms with Gasteiger partial charge in [0, 0.05) is 19.0 Å². The van der Waals surface area contributed by atoms with Crippen LogP contribution in [0.4, 0.5) is 4.79 Å². The van der Waals surface area contributed by atoms with Crippen molar-refractivity contribution in [1.82, 2.24) is 10.2 Å². The number of likely N-dealkylation sites (tertiary alicyclic amines) is 1. The van der Waals surface area contributed by atoms with Crippen LogP contribution in [-0.2, 0) is 9.53 Å². The number of amides is 2. The third-order valence-electron chi connectivity index (χ3n) is 5.22. The number of hydrogen-bond acceptors (Lipinski definition) is 3. The first-order chi connectivity index (χ1) is 13.6. The van der Waals surface area contributed by atoms with E-state index in [0.717, 1.165) is 11.1 Å². The summed E-state index contributed by atoms with van der Waals surface area (Å²) in [6, 6.07) is 18.1. The third-order valence-corrected chi connectivity index (χ3v) is 5.22. The molecule has 148 valence electrons. The van der Waals surface area contributed by atoms with E-state index in [1.54, 1.807) is 11.8 Å². The van der Waals surface area contributed by atoms with E-state index in [1.165, 1.54) is 5.56 Å². The Morgan fingerprint density at radius 3 is 2.25 bits per heavy atom. The van der Waals surface area contributed by atoms with Gasteiger partial charge in [0.15, 0.2) is 0 Å². The highest BCUT2D eigenvalue weighted by molar-refractivity contribution is 5.80. The minimum Gasteiger partial charge on any atom is -0.450 e. The van der Waals surface area contributed by atoms with Gasteiger partial charge in [0.25, 0.3) is 0 Å². The van der Waals surface area contributed by atoms with E-state index in [2.05, 4.69) is 36.5 Å². The lowest BCUT2D eigenvalue weighted by molar-refractivity contribution is -0.126. The van der Waals surface area contributed by atoms with Crippen molar-refractivity contribution in [1.29, 1.82) is 0 Å². The number of aryl methyl sites for hydroxylation is 1. The quantitative estimate of drug-likeness (QED) is 0.851. The number of nitrogens with one attached hydrogen (secondary N) is 1. The summed E-state index contributed by atoms with van der Waals surface area (Å²) in [6.45, 7) is 5.33. The Balaban J connectivity index is 1.69. The summed E-state index contributed by atoms with van der Waals surface area (Å²) < 4.78 is 5.05. The highest BCUT2D eigenvalue weighted by Crippen LogP contribution is 2.25. The molecule has 0 spiro atoms. The van der Waals surface area contributed by atoms with Gasteiger partial charge in [-0.25, -0.2) is 4.79 Å². The van der Waals surface area contributed by atoms with Crippen molar-refractivity contribution in [2.75, 3.05) is 19.7 Å². The Bertz CT molecular complexity index is 781. The summed E-state index contributed by atoms with van der Waals surface area (Å²) in [6.07, 6.45) is 1.02. The van der Waals surface area contributed by atoms with Gasteiger partial charge in [0.2, 0.25) is 5.91 Å². The van der Waals surface area contributed by atoms with Crippen LogP contribution in [0.2, 0.25) is 0 Å². The number of rotatable bonds is 5. The lowest BCUT2D eigenvalue weighted by Crippen LogP contribution is -2.44. The smallest absolute Gasteiger partial charge is 0.409 e. The number of carbonyl (C=O) groups excluding carboxylic acids is 2. The van der Waals surface area contributed by atoms with Crippen molar-refractivity contribution in [3.63, 3.8) is 0 Å². The third kappa shape index (κ3) is 4.91. The predicted molar refractivity (Wildman–Crippen MR) is 109 cm³/mol. The molecule has 1 heterocycles. The molecule has 0 aromatic heterocycles. The number of hydrogen-bond donors (Lipinski definition) is 1. The van der Waals surface area contributed by atoms with Crippen LogP contribution >= 0.6 is 0 Å². The Morgan fingerprint density at radius 2 is 1.64 bits per heavy atom. The van der Waals surface area contributed by atoms with Gasteiger partial charge >= 0.3 is 6.09 Å². The molecular weight excluding hydrogens is 352 g/mol. The zero-order chi connectivity index (χ0) is 19.9. The van der Waals surface area contributed by atoms with E-state index in [9.17, 15) is 9.59 Å². The molecule has 5 heteroatoms. The van der Waals surface area contributed by atoms with Gasteiger partial charge in [-0.1, -0.05) is 60.2 Å². The van der Waals surface area contributed by atoms with Gasteiger partial charge < -0.3 is 15.0 Å². The van der Waals surface area contributed by atoms with Crippen molar-refractivity contribution in [2.24, 2.45) is 5.92 Å². The largest absolute Gasteiger partial charge is 0.450 e. The molecule has 2 aromatic rings. The predicted octanol–water partition coefficient (Wildman–Crippen LogP) is 4.07. The number of nitrogens with zero attached hydrogens (tertiary/aromatic N) is 1. The van der Waals surface area contributed by atoms with Crippen LogP contribution in [0.1, 0.15) is 42.5 Å². The fourth-order valence-electron chi connectivity index (χ4n) is 3.56. The normalized spacial score (nSPS) is 15.7. The van der Waals surface area contributed by atoms with Gasteiger partial charge in [-0.15, -0.1) is 0 Å². The average molecular weight is 380 g/mol. The second-order valence-electron chi connectivity index (χ2n) is 7.22. The molecule has 0 saturated carbocycles. The van der Waals surface area contributed by atoms with Crippen LogP contribution in [0, 0.1) is 12.8 Å². The molecule has 1 atom stereocenters. The summed E-state index contributed by atoms with van der Waals surface area (Å²) >= 11 is 0. The van der Waals surface area contributed by atoms with Gasteiger partial charge in [-0.3, -0.25) is 4.79 Å². The Morgan fingerprint density at radius 1 is 1.04 bits per heavy atom. The van der Waals surface area contributed by atoms with E-state index in [-0.39, 0.29) is 24.0 Å². The molecule has 1 N–H and O–H groups in total. The molecular formula is C23H28N2O3. The number of piperidine rings is 1. The average Bonchev–Trinajstić information content (AvgIpc) is 2.73. The summed E-state index contributed by atoms with van der Waals surface area (Å²) in [5.74, 6) is -0.0553. The first-order valence-corrected chi connectivity index (χ1v) is 9.92.